The lowest BCUT2D eigenvalue weighted by Gasteiger charge is -2.16. The number of nitrogens with two attached hydrogens (primary N) is 1. The lowest BCUT2D eigenvalue weighted by atomic mass is 9.97. The molecule has 3 aliphatic rings. The van der Waals surface area contributed by atoms with Crippen LogP contribution in [0.3, 0.4) is 0 Å². The smallest absolute Gasteiger partial charge is 0.221 e. The van der Waals surface area contributed by atoms with Crippen molar-refractivity contribution in [2.75, 3.05) is 0 Å². The third kappa shape index (κ3) is 19.3. The second-order valence-corrected chi connectivity index (χ2v) is 21.2. The van der Waals surface area contributed by atoms with Gasteiger partial charge in [0.05, 0.1) is 6.04 Å². The third-order valence-electron chi connectivity index (χ3n) is 11.8. The molecule has 3 amide bonds. The van der Waals surface area contributed by atoms with E-state index >= 15 is 0 Å². The van der Waals surface area contributed by atoms with Crippen molar-refractivity contribution in [1.29, 1.82) is 0 Å². The van der Waals surface area contributed by atoms with Gasteiger partial charge in [-0.1, -0.05) is 135 Å². The van der Waals surface area contributed by atoms with E-state index in [4.69, 9.17) is 0 Å². The monoisotopic (exact) mass is 950 g/mol. The molecule has 70 heavy (non-hydrogen) atoms. The summed E-state index contributed by atoms with van der Waals surface area (Å²) in [5.74, 6) is 2.85. The summed E-state index contributed by atoms with van der Waals surface area (Å²) in [5.41, 5.74) is 22.4. The molecule has 3 aliphatic carbocycles. The molecular weight excluding hydrogens is 867 g/mol. The number of aldehydes is 1. The maximum Gasteiger partial charge on any atom is 0.221 e. The van der Waals surface area contributed by atoms with Crippen LogP contribution in [0.5, 0.6) is 0 Å². The SMILES string of the molecule is C/C(C=O)=C\c1ccc(CC(C)C)cc1.CC(=O)NC1=C(C)Cc2ccc(CC(C)C)cc21.CC(=O)NC1C(C)=Cc2ccc(CC(C)C)cc21.CC(C)Cc1ccc2c(c1)C(=O)C(C)C2.CC(N)=O. The topological polar surface area (TPSA) is 135 Å². The summed E-state index contributed by atoms with van der Waals surface area (Å²) in [6.07, 6.45) is 11.1. The van der Waals surface area contributed by atoms with E-state index in [9.17, 15) is 24.0 Å². The Labute approximate surface area is 421 Å². The van der Waals surface area contributed by atoms with E-state index in [0.717, 1.165) is 67.2 Å². The molecule has 8 heteroatoms. The molecule has 4 aromatic rings. The molecule has 0 spiro atoms. The highest BCUT2D eigenvalue weighted by atomic mass is 16.2. The number of hydrogen-bond acceptors (Lipinski definition) is 5. The molecular formula is C62H83N3O5. The summed E-state index contributed by atoms with van der Waals surface area (Å²) in [6, 6.07) is 28.1. The molecule has 0 fully saturated rings. The Morgan fingerprint density at radius 2 is 1.13 bits per heavy atom. The summed E-state index contributed by atoms with van der Waals surface area (Å²) in [4.78, 5) is 54.1. The number of amides is 3. The molecule has 0 aromatic heterocycles. The second kappa shape index (κ2) is 27.9. The first-order chi connectivity index (χ1) is 32.9. The molecule has 376 valence electrons. The van der Waals surface area contributed by atoms with E-state index in [1.807, 2.05) is 19.9 Å². The number of carbonyl (C=O) groups is 5. The quantitative estimate of drug-likeness (QED) is 0.0960. The first kappa shape index (κ1) is 58.2. The van der Waals surface area contributed by atoms with Gasteiger partial charge in [0.2, 0.25) is 17.7 Å². The average Bonchev–Trinajstić information content (AvgIpc) is 3.84. The van der Waals surface area contributed by atoms with Crippen LogP contribution in [0.15, 0.2) is 95.6 Å². The Kier molecular flexibility index (Phi) is 23.2. The van der Waals surface area contributed by atoms with E-state index in [1.165, 1.54) is 68.1 Å². The van der Waals surface area contributed by atoms with Gasteiger partial charge in [-0.15, -0.1) is 0 Å². The van der Waals surface area contributed by atoms with Gasteiger partial charge in [0.1, 0.15) is 6.29 Å². The van der Waals surface area contributed by atoms with Crippen LogP contribution >= 0.6 is 0 Å². The fourth-order valence-corrected chi connectivity index (χ4v) is 8.97. The van der Waals surface area contributed by atoms with Crippen LogP contribution in [0, 0.1) is 29.6 Å². The molecule has 0 radical (unpaired) electrons. The van der Waals surface area contributed by atoms with Crippen molar-refractivity contribution < 1.29 is 24.0 Å². The van der Waals surface area contributed by atoms with Crippen LogP contribution in [0.1, 0.15) is 176 Å². The summed E-state index contributed by atoms with van der Waals surface area (Å²) in [7, 11) is 0. The van der Waals surface area contributed by atoms with Crippen molar-refractivity contribution in [2.45, 2.75) is 148 Å². The van der Waals surface area contributed by atoms with Gasteiger partial charge in [0.25, 0.3) is 0 Å². The van der Waals surface area contributed by atoms with E-state index in [0.29, 0.717) is 29.5 Å². The molecule has 8 nitrogen and oxygen atoms in total. The predicted molar refractivity (Wildman–Crippen MR) is 292 cm³/mol. The zero-order valence-corrected chi connectivity index (χ0v) is 45.1. The van der Waals surface area contributed by atoms with E-state index < -0.39 is 0 Å². The maximum atomic E-state index is 11.8. The summed E-state index contributed by atoms with van der Waals surface area (Å²) < 4.78 is 0. The Bertz CT molecular complexity index is 2530. The fraction of sp³-hybridized carbons (Fsp3) is 0.435. The van der Waals surface area contributed by atoms with Gasteiger partial charge in [-0.05, 0) is 168 Å². The van der Waals surface area contributed by atoms with E-state index in [-0.39, 0.29) is 29.7 Å². The van der Waals surface area contributed by atoms with Gasteiger partial charge in [-0.3, -0.25) is 24.0 Å². The van der Waals surface area contributed by atoms with Crippen molar-refractivity contribution in [3.8, 4) is 0 Å². The number of allylic oxidation sites excluding steroid dienone is 2. The van der Waals surface area contributed by atoms with Crippen LogP contribution in [0.2, 0.25) is 0 Å². The number of carbonyl (C=O) groups excluding carboxylic acids is 5. The standard InChI is InChI=1S/2C16H21NO.2C14H18O.C2H5NO/c2*1-10(2)7-13-5-6-14-8-11(3)16(15(14)9-13)17-12(4)18;1-9(2)6-11-4-5-12-7-10(3)14(15)13(12)8-11;1-11(2)8-13-4-6-14(7-5-13)9-12(3)10-15;1-2(3)4/h5-6,9-10H,7-8H2,1-4H3,(H,17,18);5-6,8-10,16H,7H2,1-4H3,(H,17,18);4-5,8-10H,6-7H2,1-3H3;4-7,9-11H,8H2,1-3H3;1H3,(H2,3,4)/b;;;12-9+;. The Morgan fingerprint density at radius 3 is 1.63 bits per heavy atom. The molecule has 0 saturated heterocycles. The molecule has 0 heterocycles. The van der Waals surface area contributed by atoms with Crippen LogP contribution in [-0.4, -0.2) is 29.8 Å². The van der Waals surface area contributed by atoms with Crippen molar-refractivity contribution in [3.05, 3.63) is 157 Å². The zero-order chi connectivity index (χ0) is 52.4. The van der Waals surface area contributed by atoms with Crippen molar-refractivity contribution >= 4 is 47.6 Å². The van der Waals surface area contributed by atoms with Crippen LogP contribution in [-0.2, 0) is 57.7 Å². The number of ketones is 1. The van der Waals surface area contributed by atoms with Gasteiger partial charge >= 0.3 is 0 Å². The minimum atomic E-state index is -0.333. The van der Waals surface area contributed by atoms with E-state index in [2.05, 4.69) is 171 Å². The first-order valence-electron chi connectivity index (χ1n) is 25.2. The summed E-state index contributed by atoms with van der Waals surface area (Å²) in [5, 5.41) is 5.99. The van der Waals surface area contributed by atoms with Crippen molar-refractivity contribution in [2.24, 2.45) is 35.3 Å². The number of rotatable bonds is 12. The maximum absolute atomic E-state index is 11.8. The average molecular weight is 950 g/mol. The molecule has 0 aliphatic heterocycles. The molecule has 2 atom stereocenters. The van der Waals surface area contributed by atoms with Gasteiger partial charge in [0, 0.05) is 43.5 Å². The highest BCUT2D eigenvalue weighted by Crippen LogP contribution is 2.35. The van der Waals surface area contributed by atoms with Gasteiger partial charge in [0.15, 0.2) is 5.78 Å². The summed E-state index contributed by atoms with van der Waals surface area (Å²) in [6.45, 7) is 30.2. The fourth-order valence-electron chi connectivity index (χ4n) is 8.97. The third-order valence-corrected chi connectivity index (χ3v) is 11.8. The van der Waals surface area contributed by atoms with Gasteiger partial charge in [-0.2, -0.15) is 0 Å². The first-order valence-corrected chi connectivity index (χ1v) is 25.2. The molecule has 4 N–H and O–H groups in total. The normalized spacial score (nSPS) is 15.3. The number of nitrogens with one attached hydrogen (secondary N) is 2. The number of hydrogen-bond donors (Lipinski definition) is 3. The minimum Gasteiger partial charge on any atom is -0.370 e. The van der Waals surface area contributed by atoms with Crippen LogP contribution < -0.4 is 16.4 Å². The molecule has 0 saturated carbocycles. The minimum absolute atomic E-state index is 0.00598. The van der Waals surface area contributed by atoms with E-state index in [1.54, 1.807) is 13.8 Å². The van der Waals surface area contributed by atoms with Gasteiger partial charge < -0.3 is 16.4 Å². The Balaban J connectivity index is 0.000000241. The zero-order valence-electron chi connectivity index (χ0n) is 45.1. The lowest BCUT2D eigenvalue weighted by Crippen LogP contribution is -2.25. The highest BCUT2D eigenvalue weighted by molar-refractivity contribution is 6.02. The van der Waals surface area contributed by atoms with Crippen molar-refractivity contribution in [1.82, 2.24) is 10.6 Å². The number of primary amides is 1. The largest absolute Gasteiger partial charge is 0.370 e. The highest BCUT2D eigenvalue weighted by Gasteiger charge is 2.27. The Morgan fingerprint density at radius 1 is 0.657 bits per heavy atom. The molecule has 4 aromatic carbocycles. The number of fused-ring (bicyclic) bond motifs is 3. The van der Waals surface area contributed by atoms with Crippen molar-refractivity contribution in [3.63, 3.8) is 0 Å². The number of benzene rings is 4. The molecule has 0 bridgehead atoms. The molecule has 2 unspecified atom stereocenters. The van der Waals surface area contributed by atoms with Crippen LogP contribution in [0.4, 0.5) is 0 Å². The molecule has 7 rings (SSSR count). The number of Topliss-reactive ketones (excluding diaryl/α,β-unsaturated/α-hetero) is 1. The second-order valence-electron chi connectivity index (χ2n) is 21.2. The van der Waals surface area contributed by atoms with Crippen LogP contribution in [0.25, 0.3) is 17.8 Å². The van der Waals surface area contributed by atoms with Gasteiger partial charge in [-0.25, -0.2) is 0 Å². The Hall–Kier alpha value is -6.15. The predicted octanol–water partition coefficient (Wildman–Crippen LogP) is 13.0. The lowest BCUT2D eigenvalue weighted by molar-refractivity contribution is -0.119. The summed E-state index contributed by atoms with van der Waals surface area (Å²) >= 11 is 0.